The van der Waals surface area contributed by atoms with Crippen LogP contribution in [0.3, 0.4) is 0 Å². The van der Waals surface area contributed by atoms with E-state index in [-0.39, 0.29) is 11.9 Å². The van der Waals surface area contributed by atoms with Crippen LogP contribution >= 0.6 is 0 Å². The van der Waals surface area contributed by atoms with Gasteiger partial charge in [-0.3, -0.25) is 4.79 Å². The maximum Gasteiger partial charge on any atom is 0.323 e. The Morgan fingerprint density at radius 3 is 2.44 bits per heavy atom. The molecule has 0 aliphatic carbocycles. The van der Waals surface area contributed by atoms with Crippen molar-refractivity contribution < 1.29 is 13.9 Å². The summed E-state index contributed by atoms with van der Waals surface area (Å²) in [7, 11) is 0. The number of halogens is 1. The maximum absolute atomic E-state index is 12.6. The van der Waals surface area contributed by atoms with Gasteiger partial charge in [0, 0.05) is 0 Å². The van der Waals surface area contributed by atoms with Gasteiger partial charge in [0.2, 0.25) is 0 Å². The van der Waals surface area contributed by atoms with Crippen LogP contribution in [0.4, 0.5) is 4.39 Å². The lowest BCUT2D eigenvalue weighted by Gasteiger charge is -2.13. The minimum Gasteiger partial charge on any atom is -0.462 e. The van der Waals surface area contributed by atoms with Gasteiger partial charge in [-0.1, -0.05) is 12.1 Å². The number of esters is 1. The number of carbonyl (C=O) groups is 1. The molecule has 4 heteroatoms. The number of benzene rings is 1. The van der Waals surface area contributed by atoms with Gasteiger partial charge in [-0.15, -0.1) is 0 Å². The molecule has 0 saturated heterocycles. The average molecular weight is 225 g/mol. The third-order valence-corrected chi connectivity index (χ3v) is 2.02. The molecule has 88 valence electrons. The molecule has 0 aromatic heterocycles. The molecule has 0 aliphatic rings. The van der Waals surface area contributed by atoms with E-state index in [9.17, 15) is 9.18 Å². The van der Waals surface area contributed by atoms with Gasteiger partial charge in [-0.2, -0.15) is 0 Å². The zero-order valence-corrected chi connectivity index (χ0v) is 9.44. The summed E-state index contributed by atoms with van der Waals surface area (Å²) in [4.78, 5) is 11.4. The molecule has 0 radical (unpaired) electrons. The Morgan fingerprint density at radius 2 is 1.94 bits per heavy atom. The van der Waals surface area contributed by atoms with Crippen molar-refractivity contribution in [2.75, 3.05) is 0 Å². The average Bonchev–Trinajstić information content (AvgIpc) is 2.20. The lowest BCUT2D eigenvalue weighted by molar-refractivity contribution is -0.148. The number of hydrogen-bond donors (Lipinski definition) is 1. The fourth-order valence-corrected chi connectivity index (χ4v) is 1.28. The van der Waals surface area contributed by atoms with E-state index in [1.165, 1.54) is 12.1 Å². The predicted octanol–water partition coefficient (Wildman–Crippen LogP) is 1.65. The maximum atomic E-state index is 12.6. The van der Waals surface area contributed by atoms with Crippen LogP contribution in [0, 0.1) is 5.82 Å². The first kappa shape index (κ1) is 12.6. The van der Waals surface area contributed by atoms with E-state index in [4.69, 9.17) is 10.5 Å². The summed E-state index contributed by atoms with van der Waals surface area (Å²) in [6.07, 6.45) is 0.179. The summed E-state index contributed by atoms with van der Waals surface area (Å²) < 4.78 is 17.6. The molecular weight excluding hydrogens is 209 g/mol. The van der Waals surface area contributed by atoms with Crippen LogP contribution in [-0.4, -0.2) is 18.1 Å². The largest absolute Gasteiger partial charge is 0.462 e. The van der Waals surface area contributed by atoms with Crippen molar-refractivity contribution in [1.29, 1.82) is 0 Å². The molecule has 0 bridgehead atoms. The fourth-order valence-electron chi connectivity index (χ4n) is 1.28. The van der Waals surface area contributed by atoms with Crippen LogP contribution in [0.2, 0.25) is 0 Å². The SMILES string of the molecule is CC(C)OC(=O)[C@@H](N)Cc1ccc(F)cc1. The van der Waals surface area contributed by atoms with Crippen LogP contribution in [0.25, 0.3) is 0 Å². The predicted molar refractivity (Wildman–Crippen MR) is 59.3 cm³/mol. The highest BCUT2D eigenvalue weighted by Gasteiger charge is 2.16. The van der Waals surface area contributed by atoms with Crippen LogP contribution in [0.15, 0.2) is 24.3 Å². The summed E-state index contributed by atoms with van der Waals surface area (Å²) in [6.45, 7) is 3.53. The van der Waals surface area contributed by atoms with E-state index in [0.717, 1.165) is 5.56 Å². The molecule has 0 saturated carbocycles. The summed E-state index contributed by atoms with van der Waals surface area (Å²) >= 11 is 0. The molecule has 0 heterocycles. The summed E-state index contributed by atoms with van der Waals surface area (Å²) in [5, 5.41) is 0. The van der Waals surface area contributed by atoms with Crippen molar-refractivity contribution in [3.05, 3.63) is 35.6 Å². The zero-order valence-electron chi connectivity index (χ0n) is 9.44. The third-order valence-electron chi connectivity index (χ3n) is 2.02. The topological polar surface area (TPSA) is 52.3 Å². The van der Waals surface area contributed by atoms with Crippen molar-refractivity contribution in [2.24, 2.45) is 5.73 Å². The van der Waals surface area contributed by atoms with Crippen LogP contribution < -0.4 is 5.73 Å². The molecule has 0 spiro atoms. The van der Waals surface area contributed by atoms with Gasteiger partial charge >= 0.3 is 5.97 Å². The first-order valence-corrected chi connectivity index (χ1v) is 5.19. The number of carbonyl (C=O) groups excluding carboxylic acids is 1. The second kappa shape index (κ2) is 5.61. The first-order chi connectivity index (χ1) is 7.49. The van der Waals surface area contributed by atoms with Gasteiger partial charge in [0.1, 0.15) is 11.9 Å². The molecule has 3 nitrogen and oxygen atoms in total. The highest BCUT2D eigenvalue weighted by molar-refractivity contribution is 5.76. The molecule has 0 unspecified atom stereocenters. The summed E-state index contributed by atoms with van der Waals surface area (Å²) in [6, 6.07) is 5.20. The van der Waals surface area contributed by atoms with E-state index in [0.29, 0.717) is 6.42 Å². The number of ether oxygens (including phenoxy) is 1. The van der Waals surface area contributed by atoms with Crippen molar-refractivity contribution in [2.45, 2.75) is 32.4 Å². The molecule has 1 atom stereocenters. The van der Waals surface area contributed by atoms with Crippen molar-refractivity contribution in [3.8, 4) is 0 Å². The Balaban J connectivity index is 2.53. The minimum absolute atomic E-state index is 0.174. The first-order valence-electron chi connectivity index (χ1n) is 5.19. The summed E-state index contributed by atoms with van der Waals surface area (Å²) in [5.41, 5.74) is 6.48. The van der Waals surface area contributed by atoms with Crippen molar-refractivity contribution in [3.63, 3.8) is 0 Å². The van der Waals surface area contributed by atoms with E-state index >= 15 is 0 Å². The molecule has 16 heavy (non-hydrogen) atoms. The molecule has 2 N–H and O–H groups in total. The van der Waals surface area contributed by atoms with Crippen LogP contribution in [0.5, 0.6) is 0 Å². The van der Waals surface area contributed by atoms with Gasteiger partial charge < -0.3 is 10.5 Å². The van der Waals surface area contributed by atoms with Gasteiger partial charge in [-0.05, 0) is 38.0 Å². The lowest BCUT2D eigenvalue weighted by Crippen LogP contribution is -2.35. The van der Waals surface area contributed by atoms with E-state index in [1.54, 1.807) is 26.0 Å². The fraction of sp³-hybridized carbons (Fsp3) is 0.417. The zero-order chi connectivity index (χ0) is 12.1. The Labute approximate surface area is 94.4 Å². The second-order valence-corrected chi connectivity index (χ2v) is 3.92. The van der Waals surface area contributed by atoms with E-state index < -0.39 is 12.0 Å². The van der Waals surface area contributed by atoms with Crippen molar-refractivity contribution >= 4 is 5.97 Å². The number of rotatable bonds is 4. The Morgan fingerprint density at radius 1 is 1.38 bits per heavy atom. The monoisotopic (exact) mass is 225 g/mol. The molecule has 0 amide bonds. The standard InChI is InChI=1S/C12H16FNO2/c1-8(2)16-12(15)11(14)7-9-3-5-10(13)6-4-9/h3-6,8,11H,7,14H2,1-2H3/t11-/m0/s1. The van der Waals surface area contributed by atoms with Gasteiger partial charge in [0.25, 0.3) is 0 Å². The summed E-state index contributed by atoms with van der Waals surface area (Å²) in [5.74, 6) is -0.735. The van der Waals surface area contributed by atoms with Gasteiger partial charge in [0.15, 0.2) is 0 Å². The molecule has 0 fully saturated rings. The van der Waals surface area contributed by atoms with Gasteiger partial charge in [0.05, 0.1) is 6.10 Å². The van der Waals surface area contributed by atoms with Gasteiger partial charge in [-0.25, -0.2) is 4.39 Å². The van der Waals surface area contributed by atoms with Crippen LogP contribution in [0.1, 0.15) is 19.4 Å². The third kappa shape index (κ3) is 3.98. The van der Waals surface area contributed by atoms with Crippen molar-refractivity contribution in [1.82, 2.24) is 0 Å². The normalized spacial score (nSPS) is 12.6. The quantitative estimate of drug-likeness (QED) is 0.793. The molecule has 1 aromatic carbocycles. The number of hydrogen-bond acceptors (Lipinski definition) is 3. The Bertz CT molecular complexity index is 349. The van der Waals surface area contributed by atoms with E-state index in [2.05, 4.69) is 0 Å². The van der Waals surface area contributed by atoms with Crippen LogP contribution in [-0.2, 0) is 16.0 Å². The van der Waals surface area contributed by atoms with E-state index in [1.807, 2.05) is 0 Å². The molecule has 1 rings (SSSR count). The second-order valence-electron chi connectivity index (χ2n) is 3.92. The minimum atomic E-state index is -0.701. The Kier molecular flexibility index (Phi) is 4.43. The molecule has 1 aromatic rings. The highest BCUT2D eigenvalue weighted by Crippen LogP contribution is 2.06. The highest BCUT2D eigenvalue weighted by atomic mass is 19.1. The lowest BCUT2D eigenvalue weighted by atomic mass is 10.1. The molecule has 0 aliphatic heterocycles. The molecular formula is C12H16FNO2. The smallest absolute Gasteiger partial charge is 0.323 e. The Hall–Kier alpha value is -1.42. The number of nitrogens with two attached hydrogens (primary N) is 1.